The van der Waals surface area contributed by atoms with Crippen LogP contribution in [-0.2, 0) is 4.79 Å². The largest absolute Gasteiger partial charge is 0.479 e. The number of carbonyl (C=O) groups is 1. The van der Waals surface area contributed by atoms with Gasteiger partial charge >= 0.3 is 0 Å². The molecule has 6 nitrogen and oxygen atoms in total. The summed E-state index contributed by atoms with van der Waals surface area (Å²) in [5.41, 5.74) is 10.9. The van der Waals surface area contributed by atoms with Gasteiger partial charge in [0, 0.05) is 24.5 Å². The summed E-state index contributed by atoms with van der Waals surface area (Å²) in [5, 5.41) is 0. The van der Waals surface area contributed by atoms with Crippen LogP contribution in [0.1, 0.15) is 12.6 Å². The molecule has 1 atom stereocenters. The van der Waals surface area contributed by atoms with Crippen molar-refractivity contribution in [1.29, 1.82) is 0 Å². The SMILES string of the molecule is Cc1c(-c2ccc3c(c2)N(C)C(=O)C(C)O3)nc2c(N)cccn12. The van der Waals surface area contributed by atoms with Crippen LogP contribution in [0.25, 0.3) is 16.9 Å². The van der Waals surface area contributed by atoms with E-state index in [1.54, 1.807) is 18.9 Å². The zero-order chi connectivity index (χ0) is 17.0. The molecule has 2 aromatic heterocycles. The molecule has 3 aromatic rings. The molecule has 0 saturated heterocycles. The number of benzene rings is 1. The average Bonchev–Trinajstić information content (AvgIpc) is 2.91. The van der Waals surface area contributed by atoms with Crippen molar-refractivity contribution < 1.29 is 9.53 Å². The van der Waals surface area contributed by atoms with E-state index < -0.39 is 6.10 Å². The van der Waals surface area contributed by atoms with Crippen LogP contribution in [0.15, 0.2) is 36.5 Å². The van der Waals surface area contributed by atoms with E-state index in [4.69, 9.17) is 10.5 Å². The number of aryl methyl sites for hydroxylation is 1. The quantitative estimate of drug-likeness (QED) is 0.747. The zero-order valence-corrected chi connectivity index (χ0v) is 13.8. The number of rotatable bonds is 1. The zero-order valence-electron chi connectivity index (χ0n) is 13.8. The van der Waals surface area contributed by atoms with E-state index in [0.29, 0.717) is 11.4 Å². The van der Waals surface area contributed by atoms with Crippen molar-refractivity contribution in [2.45, 2.75) is 20.0 Å². The highest BCUT2D eigenvalue weighted by Gasteiger charge is 2.29. The molecule has 1 amide bonds. The lowest BCUT2D eigenvalue weighted by Gasteiger charge is -2.30. The highest BCUT2D eigenvalue weighted by atomic mass is 16.5. The predicted octanol–water partition coefficient (Wildman–Crippen LogP) is 2.64. The number of hydrogen-bond donors (Lipinski definition) is 1. The first-order chi connectivity index (χ1) is 11.5. The number of hydrogen-bond acceptors (Lipinski definition) is 4. The van der Waals surface area contributed by atoms with Gasteiger partial charge in [0.2, 0.25) is 0 Å². The van der Waals surface area contributed by atoms with Crippen LogP contribution in [0.3, 0.4) is 0 Å². The monoisotopic (exact) mass is 322 g/mol. The van der Waals surface area contributed by atoms with Crippen molar-refractivity contribution >= 4 is 22.9 Å². The molecule has 122 valence electrons. The second-order valence-electron chi connectivity index (χ2n) is 6.04. The number of nitrogens with two attached hydrogens (primary N) is 1. The smallest absolute Gasteiger partial charge is 0.267 e. The van der Waals surface area contributed by atoms with E-state index in [2.05, 4.69) is 4.98 Å². The number of nitrogen functional groups attached to an aromatic ring is 1. The van der Waals surface area contributed by atoms with Crippen LogP contribution < -0.4 is 15.4 Å². The van der Waals surface area contributed by atoms with Gasteiger partial charge in [0.05, 0.1) is 17.1 Å². The van der Waals surface area contributed by atoms with Gasteiger partial charge < -0.3 is 19.8 Å². The summed E-state index contributed by atoms with van der Waals surface area (Å²) in [6, 6.07) is 9.51. The van der Waals surface area contributed by atoms with Crippen LogP contribution in [-0.4, -0.2) is 28.4 Å². The molecule has 1 aliphatic heterocycles. The molecule has 1 unspecified atom stereocenters. The number of carbonyl (C=O) groups excluding carboxylic acids is 1. The third-order valence-electron chi connectivity index (χ3n) is 4.49. The minimum Gasteiger partial charge on any atom is -0.479 e. The molecule has 0 aliphatic carbocycles. The lowest BCUT2D eigenvalue weighted by atomic mass is 10.1. The molecular weight excluding hydrogens is 304 g/mol. The third-order valence-corrected chi connectivity index (χ3v) is 4.49. The first kappa shape index (κ1) is 14.6. The van der Waals surface area contributed by atoms with Gasteiger partial charge in [0.15, 0.2) is 11.8 Å². The van der Waals surface area contributed by atoms with Crippen LogP contribution in [0.5, 0.6) is 5.75 Å². The first-order valence-electron chi connectivity index (χ1n) is 7.79. The maximum absolute atomic E-state index is 12.2. The molecule has 0 spiro atoms. The second kappa shape index (κ2) is 4.99. The van der Waals surface area contributed by atoms with Crippen LogP contribution in [0.4, 0.5) is 11.4 Å². The minimum atomic E-state index is -0.468. The van der Waals surface area contributed by atoms with Gasteiger partial charge in [0.25, 0.3) is 5.91 Å². The number of fused-ring (bicyclic) bond motifs is 2. The van der Waals surface area contributed by atoms with Crippen molar-refractivity contribution in [2.24, 2.45) is 0 Å². The molecule has 2 N–H and O–H groups in total. The Morgan fingerprint density at radius 3 is 2.83 bits per heavy atom. The molecule has 0 radical (unpaired) electrons. The van der Waals surface area contributed by atoms with Gasteiger partial charge in [-0.25, -0.2) is 4.98 Å². The van der Waals surface area contributed by atoms with Crippen LogP contribution >= 0.6 is 0 Å². The number of amides is 1. The third kappa shape index (κ3) is 1.96. The highest BCUT2D eigenvalue weighted by Crippen LogP contribution is 2.37. The predicted molar refractivity (Wildman–Crippen MR) is 93.3 cm³/mol. The molecule has 1 aromatic carbocycles. The Morgan fingerprint density at radius 1 is 1.29 bits per heavy atom. The van der Waals surface area contributed by atoms with E-state index in [0.717, 1.165) is 28.3 Å². The van der Waals surface area contributed by atoms with Crippen molar-refractivity contribution in [2.75, 3.05) is 17.7 Å². The van der Waals surface area contributed by atoms with E-state index in [9.17, 15) is 4.79 Å². The number of anilines is 2. The Balaban J connectivity index is 1.89. The highest BCUT2D eigenvalue weighted by molar-refractivity contribution is 6.00. The Labute approximate surface area is 139 Å². The van der Waals surface area contributed by atoms with E-state index >= 15 is 0 Å². The summed E-state index contributed by atoms with van der Waals surface area (Å²) in [6.07, 6.45) is 1.47. The van der Waals surface area contributed by atoms with Gasteiger partial charge in [-0.3, -0.25) is 4.79 Å². The topological polar surface area (TPSA) is 72.9 Å². The van der Waals surface area contributed by atoms with Crippen molar-refractivity contribution in [3.8, 4) is 17.0 Å². The van der Waals surface area contributed by atoms with Gasteiger partial charge in [-0.2, -0.15) is 0 Å². The summed E-state index contributed by atoms with van der Waals surface area (Å²) in [5.74, 6) is 0.643. The number of pyridine rings is 1. The molecule has 0 bridgehead atoms. The van der Waals surface area contributed by atoms with Gasteiger partial charge in [-0.05, 0) is 44.2 Å². The standard InChI is InChI=1S/C18H18N4O2/c1-10-16(20-17-13(19)5-4-8-22(10)17)12-6-7-15-14(9-12)21(3)18(23)11(2)24-15/h4-9,11H,19H2,1-3H3. The Kier molecular flexibility index (Phi) is 3.03. The molecule has 24 heavy (non-hydrogen) atoms. The number of imidazole rings is 1. The average molecular weight is 322 g/mol. The summed E-state index contributed by atoms with van der Waals surface area (Å²) in [7, 11) is 1.76. The first-order valence-corrected chi connectivity index (χ1v) is 7.79. The Morgan fingerprint density at radius 2 is 2.08 bits per heavy atom. The molecule has 4 rings (SSSR count). The number of nitrogens with zero attached hydrogens (tertiary/aromatic N) is 3. The van der Waals surface area contributed by atoms with E-state index in [-0.39, 0.29) is 5.91 Å². The molecule has 0 saturated carbocycles. The molecule has 3 heterocycles. The minimum absolute atomic E-state index is 0.0596. The summed E-state index contributed by atoms with van der Waals surface area (Å²) in [4.78, 5) is 18.5. The fraction of sp³-hybridized carbons (Fsp3) is 0.222. The van der Waals surface area contributed by atoms with Gasteiger partial charge in [-0.15, -0.1) is 0 Å². The maximum atomic E-state index is 12.2. The summed E-state index contributed by atoms with van der Waals surface area (Å²) in [6.45, 7) is 3.76. The number of ether oxygens (including phenoxy) is 1. The number of likely N-dealkylation sites (N-methyl/N-ethyl adjacent to an activating group) is 1. The fourth-order valence-electron chi connectivity index (χ4n) is 3.14. The van der Waals surface area contributed by atoms with Gasteiger partial charge in [0.1, 0.15) is 5.75 Å². The van der Waals surface area contributed by atoms with Crippen molar-refractivity contribution in [1.82, 2.24) is 9.38 Å². The Hall–Kier alpha value is -3.02. The molecular formula is C18H18N4O2. The normalized spacial score (nSPS) is 17.0. The molecule has 6 heteroatoms. The lowest BCUT2D eigenvalue weighted by molar-refractivity contribution is -0.125. The summed E-state index contributed by atoms with van der Waals surface area (Å²) >= 11 is 0. The van der Waals surface area contributed by atoms with Crippen molar-refractivity contribution in [3.05, 3.63) is 42.2 Å². The van der Waals surface area contributed by atoms with Gasteiger partial charge in [-0.1, -0.05) is 0 Å². The maximum Gasteiger partial charge on any atom is 0.267 e. The Bertz CT molecular complexity index is 977. The molecule has 1 aliphatic rings. The lowest BCUT2D eigenvalue weighted by Crippen LogP contribution is -2.41. The molecule has 0 fully saturated rings. The fourth-order valence-corrected chi connectivity index (χ4v) is 3.14. The van der Waals surface area contributed by atoms with Crippen LogP contribution in [0, 0.1) is 6.92 Å². The van der Waals surface area contributed by atoms with E-state index in [1.807, 2.05) is 47.9 Å². The van der Waals surface area contributed by atoms with Crippen molar-refractivity contribution in [3.63, 3.8) is 0 Å². The second-order valence-corrected chi connectivity index (χ2v) is 6.04. The van der Waals surface area contributed by atoms with Crippen LogP contribution in [0.2, 0.25) is 0 Å². The number of aromatic nitrogens is 2. The summed E-state index contributed by atoms with van der Waals surface area (Å²) < 4.78 is 7.65. The van der Waals surface area contributed by atoms with E-state index in [1.165, 1.54) is 0 Å².